The van der Waals surface area contributed by atoms with E-state index < -0.39 is 5.97 Å². The molecule has 5 aromatic rings. The maximum atomic E-state index is 13.6. The van der Waals surface area contributed by atoms with Crippen LogP contribution in [0.5, 0.6) is 0 Å². The van der Waals surface area contributed by atoms with Crippen molar-refractivity contribution in [1.82, 2.24) is 9.55 Å². The lowest BCUT2D eigenvalue weighted by atomic mass is 10.0. The molecule has 160 valence electrons. The highest BCUT2D eigenvalue weighted by Gasteiger charge is 2.19. The average molecular weight is 445 g/mol. The largest absolute Gasteiger partial charge is 0.475 e. The molecule has 32 heavy (non-hydrogen) atoms. The number of carboxylic acids is 1. The lowest BCUT2D eigenvalue weighted by Gasteiger charge is -2.13. The summed E-state index contributed by atoms with van der Waals surface area (Å²) < 4.78 is 7.05. The van der Waals surface area contributed by atoms with Gasteiger partial charge in [-0.2, -0.15) is 0 Å². The number of aromatic carboxylic acids is 1. The molecule has 3 aromatic heterocycles. The van der Waals surface area contributed by atoms with Gasteiger partial charge in [-0.25, -0.2) is 9.78 Å². The summed E-state index contributed by atoms with van der Waals surface area (Å²) in [5.41, 5.74) is 1.86. The number of rotatable bonds is 5. The number of benzene rings is 2. The first-order valence-electron chi connectivity index (χ1n) is 10.2. The molecule has 2 aromatic carbocycles. The van der Waals surface area contributed by atoms with Gasteiger partial charge in [0.2, 0.25) is 5.76 Å². The van der Waals surface area contributed by atoms with Gasteiger partial charge in [-0.1, -0.05) is 42.5 Å². The Morgan fingerprint density at radius 2 is 1.88 bits per heavy atom. The molecule has 0 saturated carbocycles. The summed E-state index contributed by atoms with van der Waals surface area (Å²) in [7, 11) is 0. The topological polar surface area (TPSA) is 85.3 Å². The van der Waals surface area contributed by atoms with E-state index in [1.807, 2.05) is 38.1 Å². The molecule has 1 N–H and O–H groups in total. The predicted octanol–water partition coefficient (Wildman–Crippen LogP) is 5.16. The van der Waals surface area contributed by atoms with Crippen molar-refractivity contribution in [2.75, 3.05) is 0 Å². The third kappa shape index (κ3) is 3.40. The molecule has 0 aliphatic carbocycles. The summed E-state index contributed by atoms with van der Waals surface area (Å²) in [6.45, 7) is 4.03. The third-order valence-corrected chi connectivity index (χ3v) is 6.88. The third-order valence-electron chi connectivity index (χ3n) is 5.78. The van der Waals surface area contributed by atoms with Gasteiger partial charge >= 0.3 is 5.97 Å². The molecule has 0 fully saturated rings. The molecule has 5 rings (SSSR count). The number of hydrogen-bond donors (Lipinski definition) is 1. The number of aryl methyl sites for hydroxylation is 2. The number of aromatic nitrogens is 2. The van der Waals surface area contributed by atoms with E-state index in [0.717, 1.165) is 31.6 Å². The standard InChI is InChI=1S/C25H20N2O4S/c1-14-15(2)32-23-22(14)24(28)27(13-18-10-11-20(31-18)25(29)30)21(26-23)12-17-8-5-7-16-6-3-4-9-19(16)17/h3-11H,12-13H2,1-2H3,(H,29,30). The van der Waals surface area contributed by atoms with Crippen LogP contribution in [0.1, 0.15) is 38.1 Å². The lowest BCUT2D eigenvalue weighted by Crippen LogP contribution is -2.26. The van der Waals surface area contributed by atoms with E-state index in [4.69, 9.17) is 9.40 Å². The van der Waals surface area contributed by atoms with Gasteiger partial charge in [-0.05, 0) is 47.9 Å². The number of carbonyl (C=O) groups is 1. The van der Waals surface area contributed by atoms with E-state index in [-0.39, 0.29) is 17.9 Å². The van der Waals surface area contributed by atoms with Crippen LogP contribution in [0.15, 0.2) is 63.8 Å². The first-order chi connectivity index (χ1) is 15.4. The number of nitrogens with zero attached hydrogens (tertiary/aromatic N) is 2. The van der Waals surface area contributed by atoms with Crippen molar-refractivity contribution in [2.45, 2.75) is 26.8 Å². The fraction of sp³-hybridized carbons (Fsp3) is 0.160. The van der Waals surface area contributed by atoms with Crippen LogP contribution in [-0.2, 0) is 13.0 Å². The van der Waals surface area contributed by atoms with Crippen molar-refractivity contribution in [2.24, 2.45) is 0 Å². The van der Waals surface area contributed by atoms with Crippen molar-refractivity contribution >= 4 is 38.3 Å². The fourth-order valence-electron chi connectivity index (χ4n) is 4.02. The van der Waals surface area contributed by atoms with Gasteiger partial charge in [0.1, 0.15) is 16.4 Å². The maximum absolute atomic E-state index is 13.6. The molecular weight excluding hydrogens is 424 g/mol. The van der Waals surface area contributed by atoms with Crippen molar-refractivity contribution < 1.29 is 14.3 Å². The van der Waals surface area contributed by atoms with Crippen LogP contribution in [0.2, 0.25) is 0 Å². The summed E-state index contributed by atoms with van der Waals surface area (Å²) in [5.74, 6) is -0.277. The van der Waals surface area contributed by atoms with Gasteiger partial charge in [0.05, 0.1) is 11.9 Å². The molecule has 0 aliphatic rings. The molecule has 0 radical (unpaired) electrons. The Morgan fingerprint density at radius 3 is 2.66 bits per heavy atom. The second kappa shape index (κ2) is 7.76. The van der Waals surface area contributed by atoms with Gasteiger partial charge in [0, 0.05) is 11.3 Å². The Hall–Kier alpha value is -3.71. The highest BCUT2D eigenvalue weighted by atomic mass is 32.1. The Bertz CT molecular complexity index is 1550. The highest BCUT2D eigenvalue weighted by molar-refractivity contribution is 7.18. The summed E-state index contributed by atoms with van der Waals surface area (Å²) in [6.07, 6.45) is 0.467. The van der Waals surface area contributed by atoms with Crippen LogP contribution < -0.4 is 5.56 Å². The summed E-state index contributed by atoms with van der Waals surface area (Å²) in [4.78, 5) is 31.4. The second-order valence-corrected chi connectivity index (χ2v) is 8.97. The average Bonchev–Trinajstić information content (AvgIpc) is 3.36. The molecule has 0 saturated heterocycles. The van der Waals surface area contributed by atoms with Crippen LogP contribution >= 0.6 is 11.3 Å². The number of hydrogen-bond acceptors (Lipinski definition) is 5. The van der Waals surface area contributed by atoms with Gasteiger partial charge in [0.15, 0.2) is 0 Å². The molecule has 6 nitrogen and oxygen atoms in total. The van der Waals surface area contributed by atoms with Crippen LogP contribution in [0, 0.1) is 13.8 Å². The molecule has 0 unspecified atom stereocenters. The first kappa shape index (κ1) is 20.2. The smallest absolute Gasteiger partial charge is 0.371 e. The minimum Gasteiger partial charge on any atom is -0.475 e. The van der Waals surface area contributed by atoms with E-state index in [2.05, 4.69) is 18.2 Å². The lowest BCUT2D eigenvalue weighted by molar-refractivity contribution is 0.0660. The van der Waals surface area contributed by atoms with Crippen molar-refractivity contribution in [1.29, 1.82) is 0 Å². The summed E-state index contributed by atoms with van der Waals surface area (Å²) in [6, 6.07) is 17.2. The summed E-state index contributed by atoms with van der Waals surface area (Å²) >= 11 is 1.52. The quantitative estimate of drug-likeness (QED) is 0.405. The molecule has 7 heteroatoms. The Kier molecular flexibility index (Phi) is 4.90. The predicted molar refractivity (Wildman–Crippen MR) is 125 cm³/mol. The van der Waals surface area contributed by atoms with Gasteiger partial charge in [0.25, 0.3) is 5.56 Å². The van der Waals surface area contributed by atoms with Gasteiger partial charge in [-0.15, -0.1) is 11.3 Å². The van der Waals surface area contributed by atoms with Crippen molar-refractivity contribution in [3.8, 4) is 0 Å². The van der Waals surface area contributed by atoms with Crippen LogP contribution in [0.3, 0.4) is 0 Å². The number of thiophene rings is 1. The molecule has 0 atom stereocenters. The van der Waals surface area contributed by atoms with E-state index in [1.54, 1.807) is 10.6 Å². The molecule has 3 heterocycles. The van der Waals surface area contributed by atoms with Crippen molar-refractivity contribution in [3.63, 3.8) is 0 Å². The minimum atomic E-state index is -1.14. The molecule has 0 aliphatic heterocycles. The highest BCUT2D eigenvalue weighted by Crippen LogP contribution is 2.28. The number of carboxylic acid groups (broad SMARTS) is 1. The zero-order chi connectivity index (χ0) is 22.4. The van der Waals surface area contributed by atoms with Crippen LogP contribution in [0.4, 0.5) is 0 Å². The molecule has 0 bridgehead atoms. The molecule has 0 spiro atoms. The Morgan fingerprint density at radius 1 is 1.09 bits per heavy atom. The van der Waals surface area contributed by atoms with Gasteiger partial charge < -0.3 is 9.52 Å². The normalized spacial score (nSPS) is 11.4. The monoisotopic (exact) mass is 444 g/mol. The van der Waals surface area contributed by atoms with Gasteiger partial charge in [-0.3, -0.25) is 9.36 Å². The maximum Gasteiger partial charge on any atom is 0.371 e. The molecule has 0 amide bonds. The fourth-order valence-corrected chi connectivity index (χ4v) is 5.06. The zero-order valence-electron chi connectivity index (χ0n) is 17.6. The van der Waals surface area contributed by atoms with Crippen LogP contribution in [-0.4, -0.2) is 20.6 Å². The first-order valence-corrected chi connectivity index (χ1v) is 11.0. The zero-order valence-corrected chi connectivity index (χ0v) is 18.4. The second-order valence-electron chi connectivity index (χ2n) is 7.77. The minimum absolute atomic E-state index is 0.115. The van der Waals surface area contributed by atoms with Crippen molar-refractivity contribution in [3.05, 3.63) is 98.3 Å². The van der Waals surface area contributed by atoms with E-state index in [9.17, 15) is 14.7 Å². The number of fused-ring (bicyclic) bond motifs is 2. The van der Waals surface area contributed by atoms with Crippen LogP contribution in [0.25, 0.3) is 21.0 Å². The number of furan rings is 1. The van der Waals surface area contributed by atoms with E-state index >= 15 is 0 Å². The van der Waals surface area contributed by atoms with E-state index in [1.165, 1.54) is 17.4 Å². The Balaban J connectivity index is 1.68. The Labute approximate surface area is 187 Å². The SMILES string of the molecule is Cc1sc2nc(Cc3cccc4ccccc34)n(Cc3ccc(C(=O)O)o3)c(=O)c2c1C. The van der Waals surface area contributed by atoms with E-state index in [0.29, 0.717) is 23.4 Å². The summed E-state index contributed by atoms with van der Waals surface area (Å²) in [5, 5.41) is 12.0. The molecular formula is C25H20N2O4S.